The van der Waals surface area contributed by atoms with Crippen molar-refractivity contribution in [3.8, 4) is 0 Å². The van der Waals surface area contributed by atoms with Crippen LogP contribution in [0, 0.1) is 10.8 Å². The molecule has 0 aliphatic rings. The molecule has 26 heavy (non-hydrogen) atoms. The number of halogens is 3. The molecule has 0 fully saturated rings. The maximum atomic E-state index is 12.0. The highest BCUT2D eigenvalue weighted by Gasteiger charge is 2.41. The van der Waals surface area contributed by atoms with Gasteiger partial charge >= 0.3 is 18.1 Å². The van der Waals surface area contributed by atoms with Crippen molar-refractivity contribution in [3.63, 3.8) is 0 Å². The molecule has 0 aliphatic heterocycles. The van der Waals surface area contributed by atoms with Crippen molar-refractivity contribution in [2.45, 2.75) is 93.4 Å². The molecule has 1 unspecified atom stereocenters. The van der Waals surface area contributed by atoms with Crippen LogP contribution in [0.4, 0.5) is 13.2 Å². The Balaban J connectivity index is 0. The van der Waals surface area contributed by atoms with E-state index >= 15 is 0 Å². The SMILES string of the molecule is CCC(C)(C)C(=O)OC(C)C(F)(F)F.CCCCOC(=O)C(C)(C)CC. The van der Waals surface area contributed by atoms with Crippen molar-refractivity contribution in [1.82, 2.24) is 0 Å². The van der Waals surface area contributed by atoms with Gasteiger partial charge in [0, 0.05) is 0 Å². The molecule has 0 amide bonds. The summed E-state index contributed by atoms with van der Waals surface area (Å²) in [6.45, 7) is 14.1. The van der Waals surface area contributed by atoms with E-state index in [1.165, 1.54) is 0 Å². The van der Waals surface area contributed by atoms with E-state index in [1.807, 2.05) is 20.8 Å². The number of ether oxygens (including phenoxy) is 2. The van der Waals surface area contributed by atoms with E-state index in [0.717, 1.165) is 26.2 Å². The zero-order chi connectivity index (χ0) is 21.2. The van der Waals surface area contributed by atoms with Crippen LogP contribution in [0.2, 0.25) is 0 Å². The Morgan fingerprint density at radius 2 is 1.31 bits per heavy atom. The first-order valence-electron chi connectivity index (χ1n) is 9.10. The predicted molar refractivity (Wildman–Crippen MR) is 95.6 cm³/mol. The van der Waals surface area contributed by atoms with Gasteiger partial charge in [0.25, 0.3) is 0 Å². The lowest BCUT2D eigenvalue weighted by Gasteiger charge is -2.24. The van der Waals surface area contributed by atoms with Crippen LogP contribution in [-0.2, 0) is 19.1 Å². The van der Waals surface area contributed by atoms with Crippen LogP contribution < -0.4 is 0 Å². The summed E-state index contributed by atoms with van der Waals surface area (Å²) in [4.78, 5) is 22.6. The van der Waals surface area contributed by atoms with Gasteiger partial charge in [0.15, 0.2) is 6.10 Å². The normalized spacial score (nSPS) is 13.3. The van der Waals surface area contributed by atoms with Crippen LogP contribution in [-0.4, -0.2) is 30.8 Å². The fourth-order valence-corrected chi connectivity index (χ4v) is 1.18. The first-order valence-corrected chi connectivity index (χ1v) is 9.10. The van der Waals surface area contributed by atoms with E-state index in [4.69, 9.17) is 4.74 Å². The molecule has 1 atom stereocenters. The van der Waals surface area contributed by atoms with E-state index in [0.29, 0.717) is 13.0 Å². The molecule has 0 rings (SSSR count). The predicted octanol–water partition coefficient (Wildman–Crippen LogP) is 5.68. The third-order valence-electron chi connectivity index (χ3n) is 4.35. The fourth-order valence-electron chi connectivity index (χ4n) is 1.18. The summed E-state index contributed by atoms with van der Waals surface area (Å²) in [5.74, 6) is -0.886. The summed E-state index contributed by atoms with van der Waals surface area (Å²) in [5.41, 5.74) is -1.17. The van der Waals surface area contributed by atoms with E-state index < -0.39 is 23.7 Å². The van der Waals surface area contributed by atoms with Gasteiger partial charge in [0.05, 0.1) is 17.4 Å². The van der Waals surface area contributed by atoms with E-state index in [-0.39, 0.29) is 11.4 Å². The van der Waals surface area contributed by atoms with Crippen LogP contribution in [0.15, 0.2) is 0 Å². The molecule has 7 heteroatoms. The maximum absolute atomic E-state index is 12.0. The van der Waals surface area contributed by atoms with Gasteiger partial charge in [-0.3, -0.25) is 9.59 Å². The zero-order valence-corrected chi connectivity index (χ0v) is 17.4. The first kappa shape index (κ1) is 27.0. The molecule has 0 saturated carbocycles. The monoisotopic (exact) mass is 384 g/mol. The molecule has 0 aromatic carbocycles. The van der Waals surface area contributed by atoms with E-state index in [2.05, 4.69) is 11.7 Å². The Hall–Kier alpha value is -1.27. The number of esters is 2. The molecule has 0 heterocycles. The second-order valence-electron chi connectivity index (χ2n) is 7.55. The van der Waals surface area contributed by atoms with Gasteiger partial charge in [-0.2, -0.15) is 13.2 Å². The topological polar surface area (TPSA) is 52.6 Å². The number of alkyl halides is 3. The number of carbonyl (C=O) groups excluding carboxylic acids is 2. The lowest BCUT2D eigenvalue weighted by atomic mass is 9.90. The Kier molecular flexibility index (Phi) is 11.9. The number of rotatable bonds is 8. The number of unbranched alkanes of at least 4 members (excludes halogenated alkanes) is 1. The molecule has 0 N–H and O–H groups in total. The lowest BCUT2D eigenvalue weighted by Crippen LogP contribution is -2.36. The maximum Gasteiger partial charge on any atom is 0.425 e. The first-order chi connectivity index (χ1) is 11.7. The highest BCUT2D eigenvalue weighted by Crippen LogP contribution is 2.27. The highest BCUT2D eigenvalue weighted by atomic mass is 19.4. The Labute approximate surface area is 155 Å². The fraction of sp³-hybridized carbons (Fsp3) is 0.895. The molecule has 0 aromatic rings. The summed E-state index contributed by atoms with van der Waals surface area (Å²) >= 11 is 0. The van der Waals surface area contributed by atoms with Gasteiger partial charge in [-0.15, -0.1) is 0 Å². The van der Waals surface area contributed by atoms with Crippen LogP contribution in [0.3, 0.4) is 0 Å². The Bertz CT molecular complexity index is 429. The molecule has 0 aliphatic carbocycles. The molecule has 0 radical (unpaired) electrons. The summed E-state index contributed by atoms with van der Waals surface area (Å²) in [6, 6.07) is 0. The van der Waals surface area contributed by atoms with Gasteiger partial charge in [-0.25, -0.2) is 0 Å². The van der Waals surface area contributed by atoms with Crippen molar-refractivity contribution < 1.29 is 32.2 Å². The van der Waals surface area contributed by atoms with Crippen molar-refractivity contribution in [3.05, 3.63) is 0 Å². The average molecular weight is 384 g/mol. The molecular formula is C19H35F3O4. The van der Waals surface area contributed by atoms with Crippen LogP contribution >= 0.6 is 0 Å². The summed E-state index contributed by atoms with van der Waals surface area (Å²) in [6.07, 6.45) is -3.22. The molecule has 0 saturated heterocycles. The van der Waals surface area contributed by atoms with Crippen molar-refractivity contribution in [1.29, 1.82) is 0 Å². The molecule has 0 aromatic heterocycles. The van der Waals surface area contributed by atoms with E-state index in [9.17, 15) is 22.8 Å². The molecule has 0 spiro atoms. The third-order valence-corrected chi connectivity index (χ3v) is 4.35. The highest BCUT2D eigenvalue weighted by molar-refractivity contribution is 5.76. The molecular weight excluding hydrogens is 349 g/mol. The van der Waals surface area contributed by atoms with Gasteiger partial charge in [0.1, 0.15) is 0 Å². The molecule has 0 bridgehead atoms. The van der Waals surface area contributed by atoms with Gasteiger partial charge in [-0.05, 0) is 53.9 Å². The van der Waals surface area contributed by atoms with Crippen LogP contribution in [0.1, 0.15) is 81.1 Å². The third kappa shape index (κ3) is 10.7. The number of hydrogen-bond acceptors (Lipinski definition) is 4. The van der Waals surface area contributed by atoms with Crippen LogP contribution in [0.25, 0.3) is 0 Å². The van der Waals surface area contributed by atoms with Crippen molar-refractivity contribution in [2.24, 2.45) is 10.8 Å². The van der Waals surface area contributed by atoms with Gasteiger partial charge < -0.3 is 9.47 Å². The minimum atomic E-state index is -4.49. The number of carbonyl (C=O) groups is 2. The van der Waals surface area contributed by atoms with Crippen LogP contribution in [0.5, 0.6) is 0 Å². The largest absolute Gasteiger partial charge is 0.465 e. The Morgan fingerprint density at radius 3 is 1.65 bits per heavy atom. The zero-order valence-electron chi connectivity index (χ0n) is 17.4. The second kappa shape index (κ2) is 11.4. The minimum absolute atomic E-state index is 0.0709. The second-order valence-corrected chi connectivity index (χ2v) is 7.55. The number of hydrogen-bond donors (Lipinski definition) is 0. The summed E-state index contributed by atoms with van der Waals surface area (Å²) in [7, 11) is 0. The van der Waals surface area contributed by atoms with Gasteiger partial charge in [0.2, 0.25) is 0 Å². The average Bonchev–Trinajstić information content (AvgIpc) is 2.54. The summed E-state index contributed by atoms with van der Waals surface area (Å²) < 4.78 is 45.5. The lowest BCUT2D eigenvalue weighted by molar-refractivity contribution is -0.221. The Morgan fingerprint density at radius 1 is 0.885 bits per heavy atom. The quantitative estimate of drug-likeness (QED) is 0.399. The van der Waals surface area contributed by atoms with Crippen molar-refractivity contribution in [2.75, 3.05) is 6.61 Å². The molecule has 4 nitrogen and oxygen atoms in total. The molecule has 156 valence electrons. The summed E-state index contributed by atoms with van der Waals surface area (Å²) in [5, 5.41) is 0. The smallest absolute Gasteiger partial charge is 0.425 e. The minimum Gasteiger partial charge on any atom is -0.465 e. The van der Waals surface area contributed by atoms with Gasteiger partial charge in [-0.1, -0.05) is 27.2 Å². The van der Waals surface area contributed by atoms with E-state index in [1.54, 1.807) is 20.8 Å². The van der Waals surface area contributed by atoms with Crippen molar-refractivity contribution >= 4 is 11.9 Å². The standard InChI is InChI=1S/C10H20O2.C9H15F3O2/c1-5-7-8-12-9(11)10(3,4)6-2;1-5-8(3,4)7(13)14-6(2)9(10,11)12/h5-8H2,1-4H3;6H,5H2,1-4H3.